The van der Waals surface area contributed by atoms with Crippen LogP contribution in [0.25, 0.3) is 6.08 Å². The fraction of sp³-hybridized carbons (Fsp3) is 0.481. The standard InChI is InChI=1S/C13H19N5O.C10H16.2C2H6/c1-14-8-17(3)10-5-4-6-12-11(7-10)16-9-18(12)13(19)15-2;1-4-6-7-9-10(3)8-5-2;2*1-2/h4-6,9,14H,7-8H2,1-3H3,(H,15,19);4,6-7,9H,1,5,8H2,2-3H3;2*1-2H3/b;7-6-,10-9+;;. The van der Waals surface area contributed by atoms with Gasteiger partial charge in [0.05, 0.1) is 18.1 Å². The van der Waals surface area contributed by atoms with Gasteiger partial charge >= 0.3 is 6.03 Å². The molecule has 0 aliphatic heterocycles. The fourth-order valence-corrected chi connectivity index (χ4v) is 2.85. The highest BCUT2D eigenvalue weighted by atomic mass is 16.2. The number of hydrogen-bond acceptors (Lipinski definition) is 4. The molecule has 1 aromatic rings. The molecule has 1 aliphatic carbocycles. The second-order valence-electron chi connectivity index (χ2n) is 6.79. The lowest BCUT2D eigenvalue weighted by atomic mass is 10.1. The van der Waals surface area contributed by atoms with E-state index in [4.69, 9.17) is 0 Å². The summed E-state index contributed by atoms with van der Waals surface area (Å²) in [5.74, 6) is 0. The Labute approximate surface area is 202 Å². The highest BCUT2D eigenvalue weighted by Gasteiger charge is 2.17. The minimum absolute atomic E-state index is 0.176. The first-order valence-corrected chi connectivity index (χ1v) is 11.9. The highest BCUT2D eigenvalue weighted by Crippen LogP contribution is 2.19. The van der Waals surface area contributed by atoms with Gasteiger partial charge in [0.25, 0.3) is 0 Å². The molecule has 1 amide bonds. The number of carbonyl (C=O) groups excluding carboxylic acids is 1. The van der Waals surface area contributed by atoms with Crippen LogP contribution in [-0.4, -0.2) is 48.3 Å². The van der Waals surface area contributed by atoms with Crippen molar-refractivity contribution in [1.82, 2.24) is 25.1 Å². The Hall–Kier alpha value is -2.86. The zero-order valence-electron chi connectivity index (χ0n) is 22.4. The molecule has 2 N–H and O–H groups in total. The number of nitrogens with one attached hydrogen (secondary N) is 2. The Morgan fingerprint density at radius 3 is 2.45 bits per heavy atom. The second-order valence-corrected chi connectivity index (χ2v) is 6.79. The van der Waals surface area contributed by atoms with Crippen LogP contribution < -0.4 is 10.6 Å². The molecule has 0 bridgehead atoms. The number of allylic oxidation sites excluding steroid dienone is 8. The first kappa shape index (κ1) is 32.3. The van der Waals surface area contributed by atoms with Crippen LogP contribution in [0.1, 0.15) is 65.8 Å². The number of fused-ring (bicyclic) bond motifs is 1. The molecule has 0 fully saturated rings. The molecule has 2 rings (SSSR count). The zero-order chi connectivity index (χ0) is 25.6. The molecule has 0 atom stereocenters. The Morgan fingerprint density at radius 1 is 1.24 bits per heavy atom. The third-order valence-corrected chi connectivity index (χ3v) is 4.37. The number of nitrogens with zero attached hydrogens (tertiary/aromatic N) is 3. The predicted molar refractivity (Wildman–Crippen MR) is 145 cm³/mol. The number of likely N-dealkylation sites (N-methyl/N-ethyl adjacent to an activating group) is 1. The van der Waals surface area contributed by atoms with Crippen LogP contribution in [0.3, 0.4) is 0 Å². The van der Waals surface area contributed by atoms with Crippen molar-refractivity contribution in [2.75, 3.05) is 27.8 Å². The second kappa shape index (κ2) is 21.0. The van der Waals surface area contributed by atoms with E-state index in [0.717, 1.165) is 23.8 Å². The van der Waals surface area contributed by atoms with E-state index in [2.05, 4.69) is 47.0 Å². The predicted octanol–water partition coefficient (Wildman–Crippen LogP) is 6.16. The molecule has 1 aliphatic rings. The van der Waals surface area contributed by atoms with Crippen molar-refractivity contribution in [2.45, 2.75) is 60.8 Å². The molecular formula is C27H47N5O. The largest absolute Gasteiger partial charge is 0.365 e. The Morgan fingerprint density at radius 2 is 1.91 bits per heavy atom. The van der Waals surface area contributed by atoms with E-state index in [1.807, 2.05) is 72.2 Å². The zero-order valence-corrected chi connectivity index (χ0v) is 22.4. The third kappa shape index (κ3) is 12.7. The van der Waals surface area contributed by atoms with E-state index in [9.17, 15) is 4.79 Å². The van der Waals surface area contributed by atoms with Crippen molar-refractivity contribution in [3.8, 4) is 0 Å². The molecule has 1 aromatic heterocycles. The molecule has 0 aromatic carbocycles. The first-order valence-electron chi connectivity index (χ1n) is 11.9. The lowest BCUT2D eigenvalue weighted by molar-refractivity contribution is 0.244. The monoisotopic (exact) mass is 457 g/mol. The van der Waals surface area contributed by atoms with E-state index in [1.165, 1.54) is 23.0 Å². The number of imidazole rings is 1. The van der Waals surface area contributed by atoms with Crippen molar-refractivity contribution in [1.29, 1.82) is 0 Å². The molecule has 6 heteroatoms. The van der Waals surface area contributed by atoms with Crippen LogP contribution in [0, 0.1) is 0 Å². The maximum absolute atomic E-state index is 11.7. The molecule has 0 spiro atoms. The van der Waals surface area contributed by atoms with Gasteiger partial charge in [-0.2, -0.15) is 0 Å². The van der Waals surface area contributed by atoms with E-state index < -0.39 is 0 Å². The van der Waals surface area contributed by atoms with E-state index in [0.29, 0.717) is 6.42 Å². The Kier molecular flexibility index (Phi) is 20.6. The third-order valence-electron chi connectivity index (χ3n) is 4.37. The highest BCUT2D eigenvalue weighted by molar-refractivity contribution is 5.79. The summed E-state index contributed by atoms with van der Waals surface area (Å²) in [5, 5.41) is 5.72. The fourth-order valence-electron chi connectivity index (χ4n) is 2.85. The summed E-state index contributed by atoms with van der Waals surface area (Å²) >= 11 is 0. The van der Waals surface area contributed by atoms with Crippen molar-refractivity contribution in [2.24, 2.45) is 0 Å². The van der Waals surface area contributed by atoms with Gasteiger partial charge in [0.2, 0.25) is 0 Å². The lowest BCUT2D eigenvalue weighted by Gasteiger charge is -2.21. The minimum atomic E-state index is -0.176. The van der Waals surface area contributed by atoms with Gasteiger partial charge < -0.3 is 15.5 Å². The van der Waals surface area contributed by atoms with Gasteiger partial charge in [-0.15, -0.1) is 0 Å². The number of amides is 1. The van der Waals surface area contributed by atoms with E-state index in [1.54, 1.807) is 19.5 Å². The van der Waals surface area contributed by atoms with Crippen LogP contribution in [0.5, 0.6) is 0 Å². The summed E-state index contributed by atoms with van der Waals surface area (Å²) in [5.41, 5.74) is 4.34. The molecule has 0 saturated heterocycles. The SMILES string of the molecule is C=C/C=C\C=C(/C)CCC.CC.CC.CNCN(C)C1=CC=Cc2c(ncn2C(=O)NC)C1. The van der Waals surface area contributed by atoms with Crippen LogP contribution in [0.2, 0.25) is 0 Å². The molecule has 6 nitrogen and oxygen atoms in total. The van der Waals surface area contributed by atoms with Crippen molar-refractivity contribution >= 4 is 12.1 Å². The maximum atomic E-state index is 11.7. The number of hydrogen-bond donors (Lipinski definition) is 2. The molecule has 186 valence electrons. The van der Waals surface area contributed by atoms with Crippen molar-refractivity contribution in [3.05, 3.63) is 72.0 Å². The van der Waals surface area contributed by atoms with Crippen LogP contribution in [0.15, 0.2) is 60.6 Å². The smallest absolute Gasteiger partial charge is 0.327 e. The van der Waals surface area contributed by atoms with Crippen molar-refractivity contribution < 1.29 is 4.79 Å². The molecule has 0 radical (unpaired) electrons. The Bertz CT molecular complexity index is 784. The molecule has 0 unspecified atom stereocenters. The quantitative estimate of drug-likeness (QED) is 0.380. The van der Waals surface area contributed by atoms with Gasteiger partial charge in [0, 0.05) is 26.2 Å². The normalized spacial score (nSPS) is 11.9. The molecular weight excluding hydrogens is 410 g/mol. The molecule has 1 heterocycles. The minimum Gasteiger partial charge on any atom is -0.365 e. The van der Waals surface area contributed by atoms with Crippen LogP contribution in [0.4, 0.5) is 4.79 Å². The number of carbonyl (C=O) groups is 1. The average molecular weight is 458 g/mol. The van der Waals surface area contributed by atoms with Gasteiger partial charge in [-0.3, -0.25) is 4.57 Å². The summed E-state index contributed by atoms with van der Waals surface area (Å²) in [6, 6.07) is -0.176. The number of rotatable bonds is 7. The van der Waals surface area contributed by atoms with E-state index >= 15 is 0 Å². The lowest BCUT2D eigenvalue weighted by Crippen LogP contribution is -2.29. The summed E-state index contributed by atoms with van der Waals surface area (Å²) < 4.78 is 1.53. The summed E-state index contributed by atoms with van der Waals surface area (Å²) in [7, 11) is 5.55. The maximum Gasteiger partial charge on any atom is 0.327 e. The van der Waals surface area contributed by atoms with Crippen LogP contribution >= 0.6 is 0 Å². The van der Waals surface area contributed by atoms with Crippen molar-refractivity contribution in [3.63, 3.8) is 0 Å². The van der Waals surface area contributed by atoms with Gasteiger partial charge in [0.1, 0.15) is 6.33 Å². The number of aromatic nitrogens is 2. The van der Waals surface area contributed by atoms with Crippen LogP contribution in [-0.2, 0) is 6.42 Å². The van der Waals surface area contributed by atoms with Gasteiger partial charge in [-0.05, 0) is 32.5 Å². The average Bonchev–Trinajstić information content (AvgIpc) is 3.11. The molecule has 0 saturated carbocycles. The van der Waals surface area contributed by atoms with E-state index in [-0.39, 0.29) is 6.03 Å². The summed E-state index contributed by atoms with van der Waals surface area (Å²) in [4.78, 5) is 18.2. The first-order chi connectivity index (χ1) is 16.0. The van der Waals surface area contributed by atoms with Gasteiger partial charge in [-0.1, -0.05) is 83.6 Å². The summed E-state index contributed by atoms with van der Waals surface area (Å²) in [6.07, 6.45) is 18.5. The Balaban J connectivity index is 0. The van der Waals surface area contributed by atoms with Gasteiger partial charge in [-0.25, -0.2) is 9.78 Å². The topological polar surface area (TPSA) is 62.2 Å². The molecule has 33 heavy (non-hydrogen) atoms. The van der Waals surface area contributed by atoms with Gasteiger partial charge in [0.15, 0.2) is 0 Å². The summed E-state index contributed by atoms with van der Waals surface area (Å²) in [6.45, 7) is 16.7.